The third-order valence-electron chi connectivity index (χ3n) is 3.80. The van der Waals surface area contributed by atoms with Crippen LogP contribution in [0.3, 0.4) is 0 Å². The highest BCUT2D eigenvalue weighted by atomic mass is 35.5. The number of nitrogens with zero attached hydrogens (tertiary/aromatic N) is 1. The van der Waals surface area contributed by atoms with Gasteiger partial charge in [-0.3, -0.25) is 9.59 Å². The first kappa shape index (κ1) is 16.6. The molecule has 0 saturated carbocycles. The van der Waals surface area contributed by atoms with Crippen molar-refractivity contribution in [1.29, 1.82) is 0 Å². The Morgan fingerprint density at radius 1 is 1.32 bits per heavy atom. The number of ether oxygens (including phenoxy) is 2. The van der Waals surface area contributed by atoms with Crippen molar-refractivity contribution in [1.82, 2.24) is 4.90 Å². The van der Waals surface area contributed by atoms with E-state index in [4.69, 9.17) is 21.1 Å². The molecule has 1 aliphatic heterocycles. The molecule has 1 fully saturated rings. The summed E-state index contributed by atoms with van der Waals surface area (Å²) >= 11 is 5.90. The summed E-state index contributed by atoms with van der Waals surface area (Å²) in [5, 5.41) is 0.566. The van der Waals surface area contributed by atoms with Gasteiger partial charge in [0.1, 0.15) is 5.75 Å². The normalized spacial score (nSPS) is 17.0. The molecule has 0 radical (unpaired) electrons. The lowest BCUT2D eigenvalue weighted by atomic mass is 9.97. The van der Waals surface area contributed by atoms with Crippen LogP contribution in [0.15, 0.2) is 24.3 Å². The van der Waals surface area contributed by atoms with Gasteiger partial charge in [0.25, 0.3) is 5.91 Å². The molecule has 0 bridgehead atoms. The number of carbonyl (C=O) groups excluding carboxylic acids is 2. The molecule has 5 nitrogen and oxygen atoms in total. The maximum Gasteiger partial charge on any atom is 0.308 e. The maximum absolute atomic E-state index is 12.4. The zero-order valence-electron chi connectivity index (χ0n) is 12.8. The van der Waals surface area contributed by atoms with Crippen molar-refractivity contribution < 1.29 is 19.1 Å². The number of rotatable bonds is 4. The molecule has 1 heterocycles. The van der Waals surface area contributed by atoms with Gasteiger partial charge in [-0.1, -0.05) is 17.7 Å². The molecule has 22 heavy (non-hydrogen) atoms. The third-order valence-corrected chi connectivity index (χ3v) is 4.03. The van der Waals surface area contributed by atoms with Crippen molar-refractivity contribution in [2.75, 3.05) is 20.2 Å². The lowest BCUT2D eigenvalue weighted by molar-refractivity contribution is -0.150. The average molecular weight is 326 g/mol. The molecule has 6 heteroatoms. The summed E-state index contributed by atoms with van der Waals surface area (Å²) in [4.78, 5) is 25.6. The number of hydrogen-bond acceptors (Lipinski definition) is 4. The van der Waals surface area contributed by atoms with Crippen molar-refractivity contribution in [2.24, 2.45) is 5.92 Å². The largest absolute Gasteiger partial charge is 0.481 e. The monoisotopic (exact) mass is 325 g/mol. The topological polar surface area (TPSA) is 55.8 Å². The molecule has 1 saturated heterocycles. The summed E-state index contributed by atoms with van der Waals surface area (Å²) in [6.07, 6.45) is 0.665. The lowest BCUT2D eigenvalue weighted by Crippen LogP contribution is -2.45. The van der Waals surface area contributed by atoms with Crippen molar-refractivity contribution in [3.05, 3.63) is 29.3 Å². The minimum Gasteiger partial charge on any atom is -0.481 e. The van der Waals surface area contributed by atoms with Gasteiger partial charge in [-0.05, 0) is 38.0 Å². The van der Waals surface area contributed by atoms with E-state index >= 15 is 0 Å². The van der Waals surface area contributed by atoms with E-state index in [0.29, 0.717) is 36.7 Å². The van der Waals surface area contributed by atoms with Gasteiger partial charge in [-0.15, -0.1) is 0 Å². The highest BCUT2D eigenvalue weighted by Crippen LogP contribution is 2.21. The number of likely N-dealkylation sites (tertiary alicyclic amines) is 1. The van der Waals surface area contributed by atoms with E-state index in [1.165, 1.54) is 7.11 Å². The fourth-order valence-corrected chi connectivity index (χ4v) is 2.73. The molecular weight excluding hydrogens is 306 g/mol. The fraction of sp³-hybridized carbons (Fsp3) is 0.500. The highest BCUT2D eigenvalue weighted by Gasteiger charge is 2.30. The van der Waals surface area contributed by atoms with Crippen molar-refractivity contribution >= 4 is 23.5 Å². The molecule has 0 aromatic heterocycles. The number of hydrogen-bond donors (Lipinski definition) is 0. The molecule has 1 aromatic rings. The minimum absolute atomic E-state index is 0.0803. The Morgan fingerprint density at radius 2 is 2.00 bits per heavy atom. The van der Waals surface area contributed by atoms with Gasteiger partial charge in [0, 0.05) is 18.1 Å². The first-order valence-electron chi connectivity index (χ1n) is 7.30. The Labute approximate surface area is 135 Å². The molecule has 0 aliphatic carbocycles. The van der Waals surface area contributed by atoms with E-state index in [9.17, 15) is 9.59 Å². The molecule has 1 amide bonds. The number of esters is 1. The average Bonchev–Trinajstić information content (AvgIpc) is 2.53. The number of amides is 1. The van der Waals surface area contributed by atoms with E-state index in [1.807, 2.05) is 0 Å². The van der Waals surface area contributed by atoms with E-state index < -0.39 is 6.10 Å². The summed E-state index contributed by atoms with van der Waals surface area (Å²) in [6.45, 7) is 2.80. The summed E-state index contributed by atoms with van der Waals surface area (Å²) in [5.74, 6) is 0.176. The number of methoxy groups -OCH3 is 1. The SMILES string of the molecule is COC(=O)C1CCN(C(=O)C(C)Oc2cccc(Cl)c2)CC1. The number of piperidine rings is 1. The van der Waals surface area contributed by atoms with Gasteiger partial charge in [-0.25, -0.2) is 0 Å². The molecule has 0 spiro atoms. The first-order valence-corrected chi connectivity index (χ1v) is 7.68. The third kappa shape index (κ3) is 4.13. The second-order valence-corrected chi connectivity index (χ2v) is 5.78. The highest BCUT2D eigenvalue weighted by molar-refractivity contribution is 6.30. The molecule has 1 aliphatic rings. The molecule has 120 valence electrons. The van der Waals surface area contributed by atoms with E-state index in [0.717, 1.165) is 0 Å². The van der Waals surface area contributed by atoms with Gasteiger partial charge in [0.15, 0.2) is 6.10 Å². The Morgan fingerprint density at radius 3 is 2.59 bits per heavy atom. The lowest BCUT2D eigenvalue weighted by Gasteiger charge is -2.32. The molecule has 1 unspecified atom stereocenters. The Kier molecular flexibility index (Phi) is 5.66. The summed E-state index contributed by atoms with van der Waals surface area (Å²) < 4.78 is 10.4. The van der Waals surface area contributed by atoms with Gasteiger partial charge in [0.2, 0.25) is 0 Å². The van der Waals surface area contributed by atoms with Crippen molar-refractivity contribution in [3.8, 4) is 5.75 Å². The number of halogens is 1. The standard InChI is InChI=1S/C16H20ClNO4/c1-11(22-14-5-3-4-13(17)10-14)15(19)18-8-6-12(7-9-18)16(20)21-2/h3-5,10-12H,6-9H2,1-2H3. The van der Waals surface area contributed by atoms with Gasteiger partial charge in [-0.2, -0.15) is 0 Å². The maximum atomic E-state index is 12.4. The second kappa shape index (κ2) is 7.49. The predicted molar refractivity (Wildman–Crippen MR) is 82.9 cm³/mol. The van der Waals surface area contributed by atoms with Crippen LogP contribution >= 0.6 is 11.6 Å². The molecule has 1 atom stereocenters. The van der Waals surface area contributed by atoms with Crippen LogP contribution in [-0.2, 0) is 14.3 Å². The Hall–Kier alpha value is -1.75. The molecule has 2 rings (SSSR count). The van der Waals surface area contributed by atoms with Crippen LogP contribution in [0.5, 0.6) is 5.75 Å². The van der Waals surface area contributed by atoms with Gasteiger partial charge >= 0.3 is 5.97 Å². The zero-order chi connectivity index (χ0) is 16.1. The van der Waals surface area contributed by atoms with Gasteiger partial charge in [0.05, 0.1) is 13.0 Å². The summed E-state index contributed by atoms with van der Waals surface area (Å²) in [5.41, 5.74) is 0. The minimum atomic E-state index is -0.590. The first-order chi connectivity index (χ1) is 10.5. The smallest absolute Gasteiger partial charge is 0.308 e. The van der Waals surface area contributed by atoms with E-state index in [1.54, 1.807) is 36.1 Å². The zero-order valence-corrected chi connectivity index (χ0v) is 13.5. The van der Waals surface area contributed by atoms with E-state index in [2.05, 4.69) is 0 Å². The fourth-order valence-electron chi connectivity index (χ4n) is 2.55. The molecular formula is C16H20ClNO4. The number of benzene rings is 1. The van der Waals surface area contributed by atoms with Crippen LogP contribution in [0.4, 0.5) is 0 Å². The van der Waals surface area contributed by atoms with Crippen LogP contribution in [0.1, 0.15) is 19.8 Å². The van der Waals surface area contributed by atoms with E-state index in [-0.39, 0.29) is 17.8 Å². The van der Waals surface area contributed by atoms with Gasteiger partial charge < -0.3 is 14.4 Å². The second-order valence-electron chi connectivity index (χ2n) is 5.34. The van der Waals surface area contributed by atoms with Crippen LogP contribution in [0, 0.1) is 5.92 Å². The molecule has 0 N–H and O–H groups in total. The summed E-state index contributed by atoms with van der Waals surface area (Å²) in [6, 6.07) is 6.96. The predicted octanol–water partition coefficient (Wildman–Crippen LogP) is 2.52. The van der Waals surface area contributed by atoms with Crippen LogP contribution in [0.25, 0.3) is 0 Å². The van der Waals surface area contributed by atoms with Crippen LogP contribution in [0.2, 0.25) is 5.02 Å². The van der Waals surface area contributed by atoms with Crippen molar-refractivity contribution in [2.45, 2.75) is 25.9 Å². The Balaban J connectivity index is 1.88. The van der Waals surface area contributed by atoms with Crippen LogP contribution < -0.4 is 4.74 Å². The van der Waals surface area contributed by atoms with Crippen molar-refractivity contribution in [3.63, 3.8) is 0 Å². The molecule has 1 aromatic carbocycles. The number of carbonyl (C=O) groups is 2. The Bertz CT molecular complexity index is 541. The van der Waals surface area contributed by atoms with Crippen LogP contribution in [-0.4, -0.2) is 43.1 Å². The quantitative estimate of drug-likeness (QED) is 0.798. The summed E-state index contributed by atoms with van der Waals surface area (Å²) in [7, 11) is 1.39.